The minimum Gasteiger partial charge on any atom is -0.507 e. The van der Waals surface area contributed by atoms with Crippen molar-refractivity contribution in [3.05, 3.63) is 63.6 Å². The number of anilines is 1. The number of hydrogen-bond acceptors (Lipinski definition) is 5. The van der Waals surface area contributed by atoms with Gasteiger partial charge < -0.3 is 19.5 Å². The molecule has 2 aromatic carbocycles. The van der Waals surface area contributed by atoms with E-state index in [4.69, 9.17) is 9.47 Å². The number of carbonyl (C=O) groups is 2. The van der Waals surface area contributed by atoms with Crippen LogP contribution in [0.1, 0.15) is 17.5 Å². The highest BCUT2D eigenvalue weighted by Crippen LogP contribution is 2.36. The summed E-state index contributed by atoms with van der Waals surface area (Å²) in [6.45, 7) is 0.286. The summed E-state index contributed by atoms with van der Waals surface area (Å²) in [6.07, 6.45) is -0.249. The molecule has 1 amide bonds. The Labute approximate surface area is 165 Å². The first-order chi connectivity index (χ1) is 12.9. The van der Waals surface area contributed by atoms with Gasteiger partial charge in [-0.2, -0.15) is 0 Å². The maximum Gasteiger partial charge on any atom is 0.338 e. The second-order valence-corrected chi connectivity index (χ2v) is 6.90. The summed E-state index contributed by atoms with van der Waals surface area (Å²) < 4.78 is 10.6. The van der Waals surface area contributed by atoms with Gasteiger partial charge in [0.15, 0.2) is 0 Å². The fourth-order valence-electron chi connectivity index (χ4n) is 2.93. The van der Waals surface area contributed by atoms with E-state index < -0.39 is 5.97 Å². The largest absolute Gasteiger partial charge is 0.507 e. The molecule has 27 heavy (non-hydrogen) atoms. The van der Waals surface area contributed by atoms with Crippen molar-refractivity contribution >= 4 is 39.3 Å². The molecule has 0 aliphatic carbocycles. The first kappa shape index (κ1) is 19.0. The molecular weight excluding hydrogens is 414 g/mol. The number of rotatable bonds is 4. The predicted molar refractivity (Wildman–Crippen MR) is 105 cm³/mol. The van der Waals surface area contributed by atoms with E-state index in [9.17, 15) is 14.7 Å². The standard InChI is InChI=1S/C20H18BrNO5/c1-26-14-6-3-12(4-7-14)11-22-17-9-13(21)5-8-15(17)19(24)16(10-18(22)23)20(25)27-2/h3-9,24H,10-11H2,1-2H3. The highest BCUT2D eigenvalue weighted by molar-refractivity contribution is 9.10. The Bertz CT molecular complexity index is 920. The lowest BCUT2D eigenvalue weighted by atomic mass is 10.1. The third-order valence-corrected chi connectivity index (χ3v) is 4.85. The van der Waals surface area contributed by atoms with Gasteiger partial charge in [-0.05, 0) is 35.9 Å². The lowest BCUT2D eigenvalue weighted by molar-refractivity contribution is -0.137. The van der Waals surface area contributed by atoms with Gasteiger partial charge in [-0.1, -0.05) is 28.1 Å². The van der Waals surface area contributed by atoms with Gasteiger partial charge in [0.2, 0.25) is 5.91 Å². The van der Waals surface area contributed by atoms with E-state index in [1.54, 1.807) is 30.2 Å². The van der Waals surface area contributed by atoms with Crippen LogP contribution in [0.2, 0.25) is 0 Å². The van der Waals surface area contributed by atoms with Crippen molar-refractivity contribution in [3.8, 4) is 5.75 Å². The van der Waals surface area contributed by atoms with Gasteiger partial charge in [0.1, 0.15) is 11.5 Å². The number of aliphatic hydroxyl groups is 1. The van der Waals surface area contributed by atoms with E-state index in [1.165, 1.54) is 7.11 Å². The van der Waals surface area contributed by atoms with Crippen LogP contribution in [0.4, 0.5) is 5.69 Å². The molecule has 6 nitrogen and oxygen atoms in total. The Kier molecular flexibility index (Phi) is 5.51. The van der Waals surface area contributed by atoms with Gasteiger partial charge in [0, 0.05) is 10.0 Å². The molecule has 1 N–H and O–H groups in total. The summed E-state index contributed by atoms with van der Waals surface area (Å²) in [5, 5.41) is 10.6. The predicted octanol–water partition coefficient (Wildman–Crippen LogP) is 3.84. The molecule has 1 aliphatic rings. The molecule has 0 atom stereocenters. The minimum absolute atomic E-state index is 0.0525. The molecule has 1 heterocycles. The molecule has 0 radical (unpaired) electrons. The molecule has 0 spiro atoms. The summed E-state index contributed by atoms with van der Waals surface area (Å²) in [4.78, 5) is 26.5. The highest BCUT2D eigenvalue weighted by atomic mass is 79.9. The van der Waals surface area contributed by atoms with Crippen LogP contribution in [0.3, 0.4) is 0 Å². The monoisotopic (exact) mass is 431 g/mol. The zero-order chi connectivity index (χ0) is 19.6. The topological polar surface area (TPSA) is 76.1 Å². The lowest BCUT2D eigenvalue weighted by Crippen LogP contribution is -2.30. The van der Waals surface area contributed by atoms with Crippen LogP contribution in [0.5, 0.6) is 5.75 Å². The molecular formula is C20H18BrNO5. The first-order valence-corrected chi connectivity index (χ1v) is 8.97. The maximum atomic E-state index is 12.9. The number of amides is 1. The smallest absolute Gasteiger partial charge is 0.338 e. The van der Waals surface area contributed by atoms with Crippen LogP contribution in [-0.2, 0) is 20.9 Å². The molecule has 140 valence electrons. The molecule has 1 aliphatic heterocycles. The van der Waals surface area contributed by atoms with Crippen molar-refractivity contribution in [3.63, 3.8) is 0 Å². The van der Waals surface area contributed by atoms with Gasteiger partial charge in [0.25, 0.3) is 0 Å². The van der Waals surface area contributed by atoms with Crippen molar-refractivity contribution in [1.29, 1.82) is 0 Å². The van der Waals surface area contributed by atoms with Crippen molar-refractivity contribution in [2.24, 2.45) is 0 Å². The van der Waals surface area contributed by atoms with Gasteiger partial charge in [-0.25, -0.2) is 4.79 Å². The van der Waals surface area contributed by atoms with Crippen LogP contribution in [0, 0.1) is 0 Å². The number of hydrogen-bond donors (Lipinski definition) is 1. The number of nitrogens with zero attached hydrogens (tertiary/aromatic N) is 1. The fourth-order valence-corrected chi connectivity index (χ4v) is 3.28. The normalized spacial score (nSPS) is 13.9. The zero-order valence-electron chi connectivity index (χ0n) is 14.9. The fraction of sp³-hybridized carbons (Fsp3) is 0.200. The third-order valence-electron chi connectivity index (χ3n) is 4.35. The number of esters is 1. The van der Waals surface area contributed by atoms with E-state index in [-0.39, 0.29) is 30.2 Å². The van der Waals surface area contributed by atoms with Crippen molar-refractivity contribution < 1.29 is 24.2 Å². The maximum absolute atomic E-state index is 12.9. The van der Waals surface area contributed by atoms with E-state index >= 15 is 0 Å². The second kappa shape index (κ2) is 7.84. The summed E-state index contributed by atoms with van der Waals surface area (Å²) in [6, 6.07) is 12.5. The number of fused-ring (bicyclic) bond motifs is 1. The molecule has 0 fully saturated rings. The first-order valence-electron chi connectivity index (χ1n) is 8.18. The molecule has 0 saturated heterocycles. The van der Waals surface area contributed by atoms with Gasteiger partial charge in [-0.15, -0.1) is 0 Å². The van der Waals surface area contributed by atoms with E-state index in [2.05, 4.69) is 15.9 Å². The molecule has 0 saturated carbocycles. The average molecular weight is 432 g/mol. The number of carbonyl (C=O) groups excluding carboxylic acids is 2. The number of benzene rings is 2. The van der Waals surface area contributed by atoms with Crippen LogP contribution in [0.15, 0.2) is 52.5 Å². The Hall–Kier alpha value is -2.80. The molecule has 0 bridgehead atoms. The summed E-state index contributed by atoms with van der Waals surface area (Å²) in [5.41, 5.74) is 1.75. The Morgan fingerprint density at radius 1 is 1.19 bits per heavy atom. The average Bonchev–Trinajstić information content (AvgIpc) is 2.78. The molecule has 0 aromatic heterocycles. The molecule has 3 rings (SSSR count). The minimum atomic E-state index is -0.721. The van der Waals surface area contributed by atoms with Crippen LogP contribution < -0.4 is 9.64 Å². The Morgan fingerprint density at radius 3 is 2.52 bits per heavy atom. The zero-order valence-corrected chi connectivity index (χ0v) is 16.4. The lowest BCUT2D eigenvalue weighted by Gasteiger charge is -2.23. The Morgan fingerprint density at radius 2 is 1.89 bits per heavy atom. The van der Waals surface area contributed by atoms with Gasteiger partial charge in [-0.3, -0.25) is 4.79 Å². The van der Waals surface area contributed by atoms with Crippen molar-refractivity contribution in [2.45, 2.75) is 13.0 Å². The Balaban J connectivity index is 2.06. The second-order valence-electron chi connectivity index (χ2n) is 5.98. The van der Waals surface area contributed by atoms with Crippen LogP contribution >= 0.6 is 15.9 Å². The quantitative estimate of drug-likeness (QED) is 0.744. The highest BCUT2D eigenvalue weighted by Gasteiger charge is 2.31. The third kappa shape index (κ3) is 3.83. The van der Waals surface area contributed by atoms with E-state index in [1.807, 2.05) is 24.3 Å². The van der Waals surface area contributed by atoms with E-state index in [0.717, 1.165) is 15.8 Å². The van der Waals surface area contributed by atoms with Crippen molar-refractivity contribution in [1.82, 2.24) is 0 Å². The summed E-state index contributed by atoms with van der Waals surface area (Å²) >= 11 is 3.40. The van der Waals surface area contributed by atoms with Crippen LogP contribution in [0.25, 0.3) is 5.76 Å². The van der Waals surface area contributed by atoms with Crippen molar-refractivity contribution in [2.75, 3.05) is 19.1 Å². The number of aliphatic hydroxyl groups excluding tert-OH is 1. The van der Waals surface area contributed by atoms with E-state index in [0.29, 0.717) is 11.3 Å². The molecule has 2 aromatic rings. The molecule has 0 unspecified atom stereocenters. The number of halogens is 1. The van der Waals surface area contributed by atoms with Gasteiger partial charge in [0.05, 0.1) is 38.4 Å². The molecule has 7 heteroatoms. The number of ether oxygens (including phenoxy) is 2. The number of methoxy groups -OCH3 is 2. The van der Waals surface area contributed by atoms with Crippen LogP contribution in [-0.4, -0.2) is 31.2 Å². The summed E-state index contributed by atoms with van der Waals surface area (Å²) in [5.74, 6) is -0.554. The SMILES string of the molecule is COC(=O)C1=C(O)c2ccc(Br)cc2N(Cc2ccc(OC)cc2)C(=O)C1. The summed E-state index contributed by atoms with van der Waals surface area (Å²) in [7, 11) is 2.81. The van der Waals surface area contributed by atoms with Gasteiger partial charge >= 0.3 is 5.97 Å².